The molecular formula is C33H35N3O4S. The zero-order valence-electron chi connectivity index (χ0n) is 23.1. The number of piperidine rings is 1. The van der Waals surface area contributed by atoms with E-state index in [1.807, 2.05) is 90.3 Å². The predicted octanol–water partition coefficient (Wildman–Crippen LogP) is 4.14. The highest BCUT2D eigenvalue weighted by molar-refractivity contribution is 7.10. The molecule has 4 aromatic rings. The van der Waals surface area contributed by atoms with Gasteiger partial charge < -0.3 is 20.2 Å². The minimum atomic E-state index is -0.944. The number of rotatable bonds is 10. The van der Waals surface area contributed by atoms with Crippen LogP contribution in [0.1, 0.15) is 28.8 Å². The van der Waals surface area contributed by atoms with Crippen LogP contribution in [-0.4, -0.2) is 65.4 Å². The Hall–Kier alpha value is -4.01. The highest BCUT2D eigenvalue weighted by Crippen LogP contribution is 2.35. The van der Waals surface area contributed by atoms with Crippen LogP contribution < -0.4 is 5.32 Å². The maximum atomic E-state index is 14.0. The normalized spacial score (nSPS) is 16.1. The number of benzene rings is 3. The highest BCUT2D eigenvalue weighted by atomic mass is 32.1. The van der Waals surface area contributed by atoms with Gasteiger partial charge in [-0.3, -0.25) is 14.4 Å². The molecule has 2 N–H and O–H groups in total. The van der Waals surface area contributed by atoms with E-state index in [4.69, 9.17) is 0 Å². The molecule has 0 aliphatic carbocycles. The first-order valence-corrected chi connectivity index (χ1v) is 14.8. The SMILES string of the molecule is CN(C(=O)C(Cc1ccc2ccccc2c1)NC=O)C(Cc1ccccc1)C(=O)N1CCC(O)(c2cccs2)CC1. The molecule has 2 unspecified atom stereocenters. The molecule has 5 rings (SSSR count). The Morgan fingerprint density at radius 1 is 0.951 bits per heavy atom. The predicted molar refractivity (Wildman–Crippen MR) is 161 cm³/mol. The van der Waals surface area contributed by atoms with Crippen LogP contribution in [-0.2, 0) is 32.8 Å². The molecule has 0 saturated carbocycles. The van der Waals surface area contributed by atoms with Crippen molar-refractivity contribution >= 4 is 40.3 Å². The van der Waals surface area contributed by atoms with Gasteiger partial charge in [0.1, 0.15) is 17.7 Å². The second kappa shape index (κ2) is 12.7. The van der Waals surface area contributed by atoms with Gasteiger partial charge in [0.05, 0.1) is 0 Å². The van der Waals surface area contributed by atoms with Gasteiger partial charge in [-0.1, -0.05) is 78.9 Å². The largest absolute Gasteiger partial charge is 0.384 e. The number of fused-ring (bicyclic) bond motifs is 1. The molecule has 7 nitrogen and oxygen atoms in total. The van der Waals surface area contributed by atoms with Crippen molar-refractivity contribution in [2.75, 3.05) is 20.1 Å². The van der Waals surface area contributed by atoms with Crippen LogP contribution in [0.15, 0.2) is 90.3 Å². The summed E-state index contributed by atoms with van der Waals surface area (Å²) in [5.41, 5.74) is 0.909. The Balaban J connectivity index is 1.35. The summed E-state index contributed by atoms with van der Waals surface area (Å²) in [6.07, 6.45) is 2.06. The van der Waals surface area contributed by atoms with E-state index >= 15 is 0 Å². The molecule has 3 amide bonds. The van der Waals surface area contributed by atoms with Crippen molar-refractivity contribution in [3.63, 3.8) is 0 Å². The molecule has 8 heteroatoms. The first kappa shape index (κ1) is 28.5. The number of hydrogen-bond donors (Lipinski definition) is 2. The van der Waals surface area contributed by atoms with Crippen LogP contribution in [0, 0.1) is 0 Å². The third kappa shape index (κ3) is 6.50. The van der Waals surface area contributed by atoms with Crippen molar-refractivity contribution in [2.45, 2.75) is 43.4 Å². The van der Waals surface area contributed by atoms with Gasteiger partial charge in [-0.25, -0.2) is 0 Å². The number of likely N-dealkylation sites (tertiary alicyclic amines) is 1. The van der Waals surface area contributed by atoms with E-state index in [0.29, 0.717) is 45.2 Å². The Labute approximate surface area is 244 Å². The topological polar surface area (TPSA) is 90.0 Å². The van der Waals surface area contributed by atoms with E-state index in [-0.39, 0.29) is 11.8 Å². The van der Waals surface area contributed by atoms with E-state index in [9.17, 15) is 19.5 Å². The molecule has 3 aromatic carbocycles. The second-order valence-corrected chi connectivity index (χ2v) is 11.7. The summed E-state index contributed by atoms with van der Waals surface area (Å²) in [7, 11) is 1.64. The molecule has 2 heterocycles. The van der Waals surface area contributed by atoms with Gasteiger partial charge in [0.2, 0.25) is 18.2 Å². The number of carbonyl (C=O) groups is 3. The fraction of sp³-hybridized carbons (Fsp3) is 0.303. The van der Waals surface area contributed by atoms with Crippen LogP contribution in [0.4, 0.5) is 0 Å². The van der Waals surface area contributed by atoms with Gasteiger partial charge in [0, 0.05) is 37.9 Å². The smallest absolute Gasteiger partial charge is 0.245 e. The second-order valence-electron chi connectivity index (χ2n) is 10.7. The molecule has 41 heavy (non-hydrogen) atoms. The van der Waals surface area contributed by atoms with Crippen molar-refractivity contribution < 1.29 is 19.5 Å². The lowest BCUT2D eigenvalue weighted by Crippen LogP contribution is -2.57. The quantitative estimate of drug-likeness (QED) is 0.281. The van der Waals surface area contributed by atoms with Crippen LogP contribution in [0.2, 0.25) is 0 Å². The minimum Gasteiger partial charge on any atom is -0.384 e. The third-order valence-electron chi connectivity index (χ3n) is 8.08. The van der Waals surface area contributed by atoms with E-state index in [0.717, 1.165) is 26.8 Å². The van der Waals surface area contributed by atoms with Gasteiger partial charge in [0.15, 0.2) is 0 Å². The third-order valence-corrected chi connectivity index (χ3v) is 9.14. The molecule has 1 fully saturated rings. The number of thiophene rings is 1. The van der Waals surface area contributed by atoms with Gasteiger partial charge >= 0.3 is 0 Å². The highest BCUT2D eigenvalue weighted by Gasteiger charge is 2.40. The minimum absolute atomic E-state index is 0.159. The van der Waals surface area contributed by atoms with E-state index in [2.05, 4.69) is 5.32 Å². The molecule has 2 atom stereocenters. The summed E-state index contributed by atoms with van der Waals surface area (Å²) in [6.45, 7) is 0.793. The molecule has 1 aliphatic heterocycles. The van der Waals surface area contributed by atoms with Crippen molar-refractivity contribution in [2.24, 2.45) is 0 Å². The monoisotopic (exact) mass is 569 g/mol. The number of hydrogen-bond acceptors (Lipinski definition) is 5. The number of likely N-dealkylation sites (N-methyl/N-ethyl adjacent to an activating group) is 1. The van der Waals surface area contributed by atoms with Crippen molar-refractivity contribution in [3.05, 3.63) is 106 Å². The maximum Gasteiger partial charge on any atom is 0.245 e. The molecule has 0 radical (unpaired) electrons. The molecular weight excluding hydrogens is 534 g/mol. The Bertz CT molecular complexity index is 1480. The van der Waals surface area contributed by atoms with Crippen molar-refractivity contribution in [1.29, 1.82) is 0 Å². The van der Waals surface area contributed by atoms with E-state index in [1.165, 1.54) is 16.2 Å². The molecule has 0 bridgehead atoms. The summed E-state index contributed by atoms with van der Waals surface area (Å²) in [5, 5.41) is 18.0. The average Bonchev–Trinajstić information content (AvgIpc) is 3.56. The van der Waals surface area contributed by atoms with Crippen molar-refractivity contribution in [1.82, 2.24) is 15.1 Å². The zero-order valence-corrected chi connectivity index (χ0v) is 23.9. The lowest BCUT2D eigenvalue weighted by Gasteiger charge is -2.40. The maximum absolute atomic E-state index is 14.0. The van der Waals surface area contributed by atoms with Crippen LogP contribution in [0.5, 0.6) is 0 Å². The fourth-order valence-electron chi connectivity index (χ4n) is 5.63. The van der Waals surface area contributed by atoms with Gasteiger partial charge in [0.25, 0.3) is 0 Å². The molecule has 1 aliphatic rings. The number of nitrogens with one attached hydrogen (secondary N) is 1. The number of carbonyl (C=O) groups excluding carboxylic acids is 3. The van der Waals surface area contributed by atoms with Gasteiger partial charge in [-0.15, -0.1) is 11.3 Å². The Kier molecular flexibility index (Phi) is 8.81. The average molecular weight is 570 g/mol. The Morgan fingerprint density at radius 3 is 2.34 bits per heavy atom. The van der Waals surface area contributed by atoms with E-state index < -0.39 is 17.7 Å². The van der Waals surface area contributed by atoms with Crippen LogP contribution >= 0.6 is 11.3 Å². The van der Waals surface area contributed by atoms with E-state index in [1.54, 1.807) is 11.9 Å². The summed E-state index contributed by atoms with van der Waals surface area (Å²) < 4.78 is 0. The first-order valence-electron chi connectivity index (χ1n) is 13.9. The number of nitrogens with zero attached hydrogens (tertiary/aromatic N) is 2. The summed E-state index contributed by atoms with van der Waals surface area (Å²) in [5.74, 6) is -0.486. The van der Waals surface area contributed by atoms with Crippen LogP contribution in [0.25, 0.3) is 10.8 Å². The van der Waals surface area contributed by atoms with Gasteiger partial charge in [-0.05, 0) is 46.2 Å². The summed E-state index contributed by atoms with van der Waals surface area (Å²) in [6, 6.07) is 25.9. The molecule has 212 valence electrons. The van der Waals surface area contributed by atoms with Crippen LogP contribution in [0.3, 0.4) is 0 Å². The molecule has 1 saturated heterocycles. The lowest BCUT2D eigenvalue weighted by atomic mass is 9.89. The molecule has 0 spiro atoms. The zero-order chi connectivity index (χ0) is 28.8. The lowest BCUT2D eigenvalue weighted by molar-refractivity contribution is -0.148. The number of aliphatic hydroxyl groups is 1. The standard InChI is InChI=1S/C33H35N3O4S/c1-35(31(38)28(34-23-37)21-25-13-14-26-10-5-6-11-27(26)20-25)29(22-24-8-3-2-4-9-24)32(39)36-17-15-33(40,16-18-36)30-12-7-19-41-30/h2-14,19-20,23,28-29,40H,15-18,21-22H2,1H3,(H,34,37). The number of amides is 3. The van der Waals surface area contributed by atoms with Gasteiger partial charge in [-0.2, -0.15) is 0 Å². The van der Waals surface area contributed by atoms with Crippen molar-refractivity contribution in [3.8, 4) is 0 Å². The Morgan fingerprint density at radius 2 is 1.66 bits per heavy atom. The summed E-state index contributed by atoms with van der Waals surface area (Å²) in [4.78, 5) is 43.6. The first-order chi connectivity index (χ1) is 19.9. The summed E-state index contributed by atoms with van der Waals surface area (Å²) >= 11 is 1.52. The fourth-order valence-corrected chi connectivity index (χ4v) is 6.51. The molecule has 1 aromatic heterocycles.